The zero-order chi connectivity index (χ0) is 25.9. The Bertz CT molecular complexity index is 789. The molecular formula is C25H41N3O6. The van der Waals surface area contributed by atoms with E-state index < -0.39 is 42.2 Å². The standard InChI is InChI=1S/C25H41N3O6/c1-7-8-9-10-15-28(23(32)20(16-29)27-24(33)34-25(4,5)6)21(22(31)26-17(2)3)18-11-13-19(30)14-12-18/h11-14,17,20-21,29-30H,7-10,15-16H2,1-6H3,(H,26,31)(H,27,33). The predicted octanol–water partition coefficient (Wildman–Crippen LogP) is 3.25. The Labute approximate surface area is 202 Å². The average Bonchev–Trinajstić information content (AvgIpc) is 2.73. The van der Waals surface area contributed by atoms with Gasteiger partial charge in [0.1, 0.15) is 23.4 Å². The first-order valence-electron chi connectivity index (χ1n) is 11.9. The van der Waals surface area contributed by atoms with Crippen LogP contribution in [0.4, 0.5) is 4.79 Å². The number of unbranched alkanes of at least 4 members (excludes halogenated alkanes) is 3. The van der Waals surface area contributed by atoms with Gasteiger partial charge in [0.25, 0.3) is 0 Å². The molecule has 0 aliphatic carbocycles. The number of carbonyl (C=O) groups is 3. The number of rotatable bonds is 12. The molecular weight excluding hydrogens is 438 g/mol. The number of hydrogen-bond donors (Lipinski definition) is 4. The molecule has 0 aliphatic rings. The maximum atomic E-state index is 13.6. The third kappa shape index (κ3) is 9.99. The molecule has 3 amide bonds. The van der Waals surface area contributed by atoms with Crippen LogP contribution in [0, 0.1) is 0 Å². The van der Waals surface area contributed by atoms with Crippen LogP contribution in [0.25, 0.3) is 0 Å². The SMILES string of the molecule is CCCCCCN(C(=O)C(CO)NC(=O)OC(C)(C)C)C(C(=O)NC(C)C)c1ccc(O)cc1. The fourth-order valence-electron chi connectivity index (χ4n) is 3.40. The normalized spacial score (nSPS) is 13.2. The quantitative estimate of drug-likeness (QED) is 0.341. The van der Waals surface area contributed by atoms with E-state index in [9.17, 15) is 24.6 Å². The molecule has 0 saturated heterocycles. The number of alkyl carbamates (subject to hydrolysis) is 1. The Hall–Kier alpha value is -2.81. The van der Waals surface area contributed by atoms with Crippen molar-refractivity contribution in [3.63, 3.8) is 0 Å². The topological polar surface area (TPSA) is 128 Å². The molecule has 1 aromatic carbocycles. The summed E-state index contributed by atoms with van der Waals surface area (Å²) in [7, 11) is 0. The number of ether oxygens (including phenoxy) is 1. The van der Waals surface area contributed by atoms with Gasteiger partial charge in [-0.3, -0.25) is 9.59 Å². The van der Waals surface area contributed by atoms with Crippen LogP contribution in [0.15, 0.2) is 24.3 Å². The van der Waals surface area contributed by atoms with E-state index in [1.54, 1.807) is 32.9 Å². The highest BCUT2D eigenvalue weighted by atomic mass is 16.6. The molecule has 2 atom stereocenters. The summed E-state index contributed by atoms with van der Waals surface area (Å²) in [4.78, 5) is 40.5. The number of benzene rings is 1. The van der Waals surface area contributed by atoms with Crippen molar-refractivity contribution in [1.82, 2.24) is 15.5 Å². The van der Waals surface area contributed by atoms with Crippen LogP contribution in [0.5, 0.6) is 5.75 Å². The van der Waals surface area contributed by atoms with Crippen LogP contribution in [0.2, 0.25) is 0 Å². The Morgan fingerprint density at radius 1 is 1.03 bits per heavy atom. The monoisotopic (exact) mass is 479 g/mol. The fourth-order valence-corrected chi connectivity index (χ4v) is 3.40. The van der Waals surface area contributed by atoms with Crippen molar-refractivity contribution in [1.29, 1.82) is 0 Å². The van der Waals surface area contributed by atoms with Gasteiger partial charge in [-0.1, -0.05) is 38.3 Å². The number of amides is 3. The summed E-state index contributed by atoms with van der Waals surface area (Å²) < 4.78 is 5.23. The summed E-state index contributed by atoms with van der Waals surface area (Å²) >= 11 is 0. The Morgan fingerprint density at radius 2 is 1.65 bits per heavy atom. The van der Waals surface area contributed by atoms with Crippen molar-refractivity contribution in [3.05, 3.63) is 29.8 Å². The van der Waals surface area contributed by atoms with Gasteiger partial charge in [0.15, 0.2) is 0 Å². The zero-order valence-corrected chi connectivity index (χ0v) is 21.3. The van der Waals surface area contributed by atoms with Crippen LogP contribution >= 0.6 is 0 Å². The lowest BCUT2D eigenvalue weighted by Crippen LogP contribution is -2.55. The third-order valence-corrected chi connectivity index (χ3v) is 4.91. The first-order chi connectivity index (χ1) is 15.9. The second kappa shape index (κ2) is 13.8. The molecule has 4 N–H and O–H groups in total. The number of nitrogens with one attached hydrogen (secondary N) is 2. The molecule has 9 nitrogen and oxygen atoms in total. The van der Waals surface area contributed by atoms with Gasteiger partial charge in [-0.05, 0) is 58.7 Å². The highest BCUT2D eigenvalue weighted by molar-refractivity contribution is 5.92. The van der Waals surface area contributed by atoms with Gasteiger partial charge in [0, 0.05) is 12.6 Å². The molecule has 1 aromatic rings. The molecule has 0 radical (unpaired) electrons. The number of phenolic OH excluding ortho intramolecular Hbond substituents is 1. The molecule has 1 rings (SSSR count). The number of carbonyl (C=O) groups excluding carboxylic acids is 3. The van der Waals surface area contributed by atoms with Gasteiger partial charge in [-0.2, -0.15) is 0 Å². The van der Waals surface area contributed by atoms with E-state index in [0.29, 0.717) is 12.0 Å². The Morgan fingerprint density at radius 3 is 2.15 bits per heavy atom. The second-order valence-corrected chi connectivity index (χ2v) is 9.63. The summed E-state index contributed by atoms with van der Waals surface area (Å²) in [6.45, 7) is 10.4. The summed E-state index contributed by atoms with van der Waals surface area (Å²) in [6.07, 6.45) is 2.65. The number of hydrogen-bond acceptors (Lipinski definition) is 6. The predicted molar refractivity (Wildman–Crippen MR) is 130 cm³/mol. The summed E-state index contributed by atoms with van der Waals surface area (Å²) in [5.41, 5.74) is -0.271. The van der Waals surface area contributed by atoms with Crippen LogP contribution < -0.4 is 10.6 Å². The minimum atomic E-state index is -1.28. The molecule has 9 heteroatoms. The van der Waals surface area contributed by atoms with E-state index in [1.807, 2.05) is 13.8 Å². The summed E-state index contributed by atoms with van der Waals surface area (Å²) in [6, 6.07) is 3.61. The summed E-state index contributed by atoms with van der Waals surface area (Å²) in [5, 5.41) is 24.9. The highest BCUT2D eigenvalue weighted by Crippen LogP contribution is 2.25. The van der Waals surface area contributed by atoms with Gasteiger partial charge in [-0.15, -0.1) is 0 Å². The van der Waals surface area contributed by atoms with E-state index in [-0.39, 0.29) is 18.3 Å². The molecule has 0 aromatic heterocycles. The largest absolute Gasteiger partial charge is 0.508 e. The number of aromatic hydroxyl groups is 1. The van der Waals surface area contributed by atoms with Crippen molar-refractivity contribution < 1.29 is 29.3 Å². The highest BCUT2D eigenvalue weighted by Gasteiger charge is 2.36. The van der Waals surface area contributed by atoms with Crippen LogP contribution in [0.3, 0.4) is 0 Å². The molecule has 0 bridgehead atoms. The van der Waals surface area contributed by atoms with E-state index >= 15 is 0 Å². The smallest absolute Gasteiger partial charge is 0.408 e. The molecule has 0 aliphatic heterocycles. The number of aliphatic hydroxyl groups excluding tert-OH is 1. The Balaban J connectivity index is 3.33. The van der Waals surface area contributed by atoms with Gasteiger partial charge in [-0.25, -0.2) is 4.79 Å². The lowest BCUT2D eigenvalue weighted by molar-refractivity contribution is -0.143. The van der Waals surface area contributed by atoms with E-state index in [2.05, 4.69) is 17.6 Å². The molecule has 0 fully saturated rings. The fraction of sp³-hybridized carbons (Fsp3) is 0.640. The van der Waals surface area contributed by atoms with Crippen LogP contribution in [-0.2, 0) is 14.3 Å². The number of aliphatic hydroxyl groups is 1. The van der Waals surface area contributed by atoms with Crippen LogP contribution in [0.1, 0.15) is 78.8 Å². The molecule has 2 unspecified atom stereocenters. The van der Waals surface area contributed by atoms with Crippen molar-refractivity contribution in [2.24, 2.45) is 0 Å². The van der Waals surface area contributed by atoms with Crippen LogP contribution in [-0.4, -0.2) is 63.9 Å². The van der Waals surface area contributed by atoms with E-state index in [1.165, 1.54) is 17.0 Å². The Kier molecular flexibility index (Phi) is 11.9. The molecule has 192 valence electrons. The second-order valence-electron chi connectivity index (χ2n) is 9.63. The van der Waals surface area contributed by atoms with E-state index in [4.69, 9.17) is 4.74 Å². The van der Waals surface area contributed by atoms with Crippen molar-refractivity contribution in [3.8, 4) is 5.75 Å². The molecule has 0 heterocycles. The minimum Gasteiger partial charge on any atom is -0.508 e. The summed E-state index contributed by atoms with van der Waals surface area (Å²) in [5.74, 6) is -0.951. The van der Waals surface area contributed by atoms with Crippen molar-refractivity contribution in [2.45, 2.75) is 91.0 Å². The van der Waals surface area contributed by atoms with E-state index in [0.717, 1.165) is 19.3 Å². The van der Waals surface area contributed by atoms with Gasteiger partial charge in [0.05, 0.1) is 6.61 Å². The van der Waals surface area contributed by atoms with Gasteiger partial charge >= 0.3 is 6.09 Å². The first-order valence-corrected chi connectivity index (χ1v) is 11.9. The van der Waals surface area contributed by atoms with Crippen molar-refractivity contribution >= 4 is 17.9 Å². The maximum Gasteiger partial charge on any atom is 0.408 e. The molecule has 34 heavy (non-hydrogen) atoms. The molecule has 0 spiro atoms. The number of phenols is 1. The molecule has 0 saturated carbocycles. The van der Waals surface area contributed by atoms with Gasteiger partial charge < -0.3 is 30.5 Å². The van der Waals surface area contributed by atoms with Gasteiger partial charge in [0.2, 0.25) is 11.8 Å². The zero-order valence-electron chi connectivity index (χ0n) is 21.3. The first kappa shape index (κ1) is 29.2. The van der Waals surface area contributed by atoms with Crippen molar-refractivity contribution in [2.75, 3.05) is 13.2 Å². The number of nitrogens with zero attached hydrogens (tertiary/aromatic N) is 1. The lowest BCUT2D eigenvalue weighted by atomic mass is 10.0. The third-order valence-electron chi connectivity index (χ3n) is 4.91. The average molecular weight is 480 g/mol. The lowest BCUT2D eigenvalue weighted by Gasteiger charge is -2.34. The minimum absolute atomic E-state index is 0.0346. The maximum absolute atomic E-state index is 13.6.